The summed E-state index contributed by atoms with van der Waals surface area (Å²) in [4.78, 5) is 3.59. The first-order valence-electron chi connectivity index (χ1n) is 2.36. The fraction of sp³-hybridized carbons (Fsp3) is 0. The summed E-state index contributed by atoms with van der Waals surface area (Å²) in [6, 6.07) is 0. The summed E-state index contributed by atoms with van der Waals surface area (Å²) in [5.41, 5.74) is 0.125. The second-order valence-corrected chi connectivity index (χ2v) is 1.47. The molecule has 1 heterocycles. The summed E-state index contributed by atoms with van der Waals surface area (Å²) in [6.07, 6.45) is 4.58. The molecule has 0 radical (unpaired) electrons. The zero-order valence-corrected chi connectivity index (χ0v) is 4.57. The van der Waals surface area contributed by atoms with Gasteiger partial charge in [-0.3, -0.25) is 5.41 Å². The third-order valence-corrected chi connectivity index (χ3v) is 0.881. The highest BCUT2D eigenvalue weighted by atomic mass is 16.4. The van der Waals surface area contributed by atoms with E-state index in [-0.39, 0.29) is 11.5 Å². The molecule has 9 heavy (non-hydrogen) atoms. The Morgan fingerprint density at radius 3 is 2.89 bits per heavy atom. The zero-order chi connectivity index (χ0) is 6.69. The molecule has 0 amide bonds. The van der Waals surface area contributed by atoms with Crippen LogP contribution in [0.3, 0.4) is 0 Å². The van der Waals surface area contributed by atoms with E-state index in [0.717, 1.165) is 0 Å². The van der Waals surface area contributed by atoms with Gasteiger partial charge in [0.05, 0.1) is 0 Å². The fourth-order valence-electron chi connectivity index (χ4n) is 0.477. The van der Waals surface area contributed by atoms with E-state index in [0.29, 0.717) is 0 Å². The van der Waals surface area contributed by atoms with E-state index in [2.05, 4.69) is 10.1 Å². The van der Waals surface area contributed by atoms with E-state index in [4.69, 9.17) is 10.6 Å². The van der Waals surface area contributed by atoms with Crippen molar-refractivity contribution >= 4 is 17.8 Å². The van der Waals surface area contributed by atoms with Gasteiger partial charge in [-0.15, -0.1) is 0 Å². The van der Waals surface area contributed by atoms with E-state index < -0.39 is 0 Å². The van der Waals surface area contributed by atoms with Crippen molar-refractivity contribution in [3.63, 3.8) is 0 Å². The number of nitrogens with zero attached hydrogens (tertiary/aromatic N) is 2. The van der Waals surface area contributed by atoms with Crippen LogP contribution in [-0.4, -0.2) is 23.0 Å². The molecule has 0 saturated heterocycles. The molecule has 4 heteroatoms. The van der Waals surface area contributed by atoms with Crippen LogP contribution in [0.5, 0.6) is 0 Å². The molecule has 0 aromatic rings. The molecule has 0 spiro atoms. The molecule has 0 saturated carbocycles. The van der Waals surface area contributed by atoms with Gasteiger partial charge in [-0.2, -0.15) is 0 Å². The number of oxime groups is 1. The van der Waals surface area contributed by atoms with Crippen LogP contribution in [0.25, 0.3) is 0 Å². The van der Waals surface area contributed by atoms with Crippen LogP contribution in [0.1, 0.15) is 0 Å². The van der Waals surface area contributed by atoms with Gasteiger partial charge in [-0.1, -0.05) is 5.16 Å². The first-order valence-corrected chi connectivity index (χ1v) is 2.36. The van der Waals surface area contributed by atoms with Crippen LogP contribution in [0.4, 0.5) is 0 Å². The lowest BCUT2D eigenvalue weighted by molar-refractivity contribution is 0.319. The van der Waals surface area contributed by atoms with Crippen LogP contribution in [0.2, 0.25) is 0 Å². The Bertz CT molecular complexity index is 214. The van der Waals surface area contributed by atoms with Crippen LogP contribution in [-0.2, 0) is 0 Å². The van der Waals surface area contributed by atoms with Crippen molar-refractivity contribution in [1.29, 1.82) is 5.41 Å². The fourth-order valence-corrected chi connectivity index (χ4v) is 0.477. The number of rotatable bonds is 0. The number of allylic oxidation sites excluding steroid dienone is 1. The molecule has 0 aliphatic carbocycles. The SMILES string of the molecule is N=C1C=CC=N/C1=N\O. The Balaban J connectivity index is 2.91. The Morgan fingerprint density at radius 1 is 1.67 bits per heavy atom. The molecular formula is C5H5N3O. The molecule has 0 unspecified atom stereocenters. The van der Waals surface area contributed by atoms with Gasteiger partial charge in [0.15, 0.2) is 0 Å². The molecule has 0 aromatic heterocycles. The second-order valence-electron chi connectivity index (χ2n) is 1.47. The van der Waals surface area contributed by atoms with E-state index in [1.165, 1.54) is 12.3 Å². The number of hydrogen-bond acceptors (Lipinski definition) is 3. The van der Waals surface area contributed by atoms with Crippen LogP contribution in [0, 0.1) is 5.41 Å². The lowest BCUT2D eigenvalue weighted by Crippen LogP contribution is -2.10. The van der Waals surface area contributed by atoms with Gasteiger partial charge < -0.3 is 5.21 Å². The molecule has 1 aliphatic heterocycles. The lowest BCUT2D eigenvalue weighted by Gasteiger charge is -1.96. The summed E-state index contributed by atoms with van der Waals surface area (Å²) >= 11 is 0. The third-order valence-electron chi connectivity index (χ3n) is 0.881. The molecule has 1 rings (SSSR count). The zero-order valence-electron chi connectivity index (χ0n) is 4.57. The Kier molecular flexibility index (Phi) is 1.40. The van der Waals surface area contributed by atoms with Gasteiger partial charge in [0.25, 0.3) is 0 Å². The molecule has 46 valence electrons. The van der Waals surface area contributed by atoms with Crippen molar-refractivity contribution < 1.29 is 5.21 Å². The Hall–Kier alpha value is -1.45. The van der Waals surface area contributed by atoms with E-state index >= 15 is 0 Å². The predicted octanol–water partition coefficient (Wildman–Crippen LogP) is 0.434. The number of aliphatic imine (C=N–C) groups is 1. The van der Waals surface area contributed by atoms with E-state index in [1.807, 2.05) is 0 Å². The smallest absolute Gasteiger partial charge is 0.216 e. The van der Waals surface area contributed by atoms with Gasteiger partial charge in [-0.25, -0.2) is 4.99 Å². The van der Waals surface area contributed by atoms with E-state index in [1.54, 1.807) is 6.08 Å². The highest BCUT2D eigenvalue weighted by molar-refractivity contribution is 6.47. The highest BCUT2D eigenvalue weighted by Gasteiger charge is 2.02. The summed E-state index contributed by atoms with van der Waals surface area (Å²) in [5, 5.41) is 18.0. The van der Waals surface area contributed by atoms with Gasteiger partial charge in [0, 0.05) is 6.21 Å². The quantitative estimate of drug-likeness (QED) is 0.356. The predicted molar refractivity (Wildman–Crippen MR) is 34.6 cm³/mol. The summed E-state index contributed by atoms with van der Waals surface area (Å²) < 4.78 is 0. The minimum atomic E-state index is 0.0532. The number of nitrogens with one attached hydrogen (secondary N) is 1. The summed E-state index contributed by atoms with van der Waals surface area (Å²) in [7, 11) is 0. The van der Waals surface area contributed by atoms with Crippen LogP contribution >= 0.6 is 0 Å². The van der Waals surface area contributed by atoms with Crippen molar-refractivity contribution in [2.75, 3.05) is 0 Å². The number of dihydropyridines is 1. The van der Waals surface area contributed by atoms with Gasteiger partial charge in [0.2, 0.25) is 5.84 Å². The third kappa shape index (κ3) is 1.02. The summed E-state index contributed by atoms with van der Waals surface area (Å²) in [6.45, 7) is 0. The van der Waals surface area contributed by atoms with Gasteiger partial charge >= 0.3 is 0 Å². The average molecular weight is 123 g/mol. The van der Waals surface area contributed by atoms with Crippen LogP contribution in [0.15, 0.2) is 22.3 Å². The maximum absolute atomic E-state index is 8.16. The maximum atomic E-state index is 8.16. The Labute approximate surface area is 51.7 Å². The minimum absolute atomic E-state index is 0.0532. The van der Waals surface area contributed by atoms with E-state index in [9.17, 15) is 0 Å². The molecule has 0 fully saturated rings. The number of hydrogen-bond donors (Lipinski definition) is 2. The molecule has 1 aliphatic rings. The monoisotopic (exact) mass is 123 g/mol. The van der Waals surface area contributed by atoms with Crippen molar-refractivity contribution in [2.45, 2.75) is 0 Å². The van der Waals surface area contributed by atoms with Crippen LogP contribution < -0.4 is 0 Å². The van der Waals surface area contributed by atoms with Crippen molar-refractivity contribution in [3.8, 4) is 0 Å². The highest BCUT2D eigenvalue weighted by Crippen LogP contribution is 1.90. The molecule has 0 bridgehead atoms. The molecule has 0 aromatic carbocycles. The van der Waals surface area contributed by atoms with Crippen molar-refractivity contribution in [2.24, 2.45) is 10.1 Å². The van der Waals surface area contributed by atoms with Crippen molar-refractivity contribution in [3.05, 3.63) is 12.2 Å². The minimum Gasteiger partial charge on any atom is -0.409 e. The summed E-state index contributed by atoms with van der Waals surface area (Å²) in [5.74, 6) is 0.0532. The number of amidine groups is 1. The standard InChI is InChI=1S/C5H5N3O/c6-4-2-1-3-7-5(4)8-9/h1-3,6,9H/b6-4?,8-5-. The normalized spacial score (nSPS) is 21.3. The Morgan fingerprint density at radius 2 is 2.44 bits per heavy atom. The largest absolute Gasteiger partial charge is 0.409 e. The first kappa shape index (κ1) is 5.68. The molecule has 4 nitrogen and oxygen atoms in total. The van der Waals surface area contributed by atoms with Crippen molar-refractivity contribution in [1.82, 2.24) is 0 Å². The topological polar surface area (TPSA) is 68.8 Å². The molecular weight excluding hydrogens is 118 g/mol. The first-order chi connectivity index (χ1) is 4.34. The second kappa shape index (κ2) is 2.21. The maximum Gasteiger partial charge on any atom is 0.216 e. The molecule has 0 atom stereocenters. The molecule has 2 N–H and O–H groups in total. The lowest BCUT2D eigenvalue weighted by atomic mass is 10.3. The average Bonchev–Trinajstić information content (AvgIpc) is 1.89. The van der Waals surface area contributed by atoms with Gasteiger partial charge in [0.1, 0.15) is 5.71 Å². The van der Waals surface area contributed by atoms with Gasteiger partial charge in [-0.05, 0) is 12.2 Å².